The fraction of sp³-hybridized carbons (Fsp3) is 0.320. The maximum absolute atomic E-state index is 13.4. The van der Waals surface area contributed by atoms with E-state index in [1.54, 1.807) is 55.3 Å². The van der Waals surface area contributed by atoms with Crippen molar-refractivity contribution < 1.29 is 23.7 Å². The third kappa shape index (κ3) is 4.41. The van der Waals surface area contributed by atoms with Gasteiger partial charge in [0.2, 0.25) is 11.1 Å². The Morgan fingerprint density at radius 2 is 1.89 bits per heavy atom. The summed E-state index contributed by atoms with van der Waals surface area (Å²) in [6.45, 7) is 5.65. The van der Waals surface area contributed by atoms with Gasteiger partial charge in [-0.25, -0.2) is 4.90 Å². The molecule has 9 nitrogen and oxygen atoms in total. The van der Waals surface area contributed by atoms with Gasteiger partial charge in [-0.05, 0) is 42.1 Å². The molecule has 1 N–H and O–H groups in total. The number of thioether (sulfide) groups is 1. The van der Waals surface area contributed by atoms with E-state index in [1.807, 2.05) is 19.1 Å². The van der Waals surface area contributed by atoms with E-state index in [0.717, 1.165) is 0 Å². The van der Waals surface area contributed by atoms with Crippen LogP contribution in [-0.4, -0.2) is 34.8 Å². The van der Waals surface area contributed by atoms with Gasteiger partial charge in [-0.3, -0.25) is 19.4 Å². The maximum Gasteiger partial charge on any atom is 0.325 e. The van der Waals surface area contributed by atoms with E-state index in [-0.39, 0.29) is 30.1 Å². The van der Waals surface area contributed by atoms with Crippen LogP contribution >= 0.6 is 11.8 Å². The summed E-state index contributed by atoms with van der Waals surface area (Å²) in [5.41, 5.74) is 1.60. The van der Waals surface area contributed by atoms with Crippen LogP contribution in [0.5, 0.6) is 11.5 Å². The monoisotopic (exact) mass is 495 g/mol. The van der Waals surface area contributed by atoms with E-state index in [0.29, 0.717) is 40.0 Å². The molecule has 1 aliphatic rings. The largest absolute Gasteiger partial charge is 0.490 e. The lowest BCUT2D eigenvalue weighted by atomic mass is 10.00. The Bertz CT molecular complexity index is 1340. The highest BCUT2D eigenvalue weighted by atomic mass is 32.2. The van der Waals surface area contributed by atoms with Crippen molar-refractivity contribution >= 4 is 29.3 Å². The number of nitrogens with one attached hydrogen (secondary N) is 1. The first kappa shape index (κ1) is 24.5. The van der Waals surface area contributed by atoms with Crippen molar-refractivity contribution in [2.45, 2.75) is 44.9 Å². The van der Waals surface area contributed by atoms with Crippen molar-refractivity contribution in [2.24, 2.45) is 0 Å². The summed E-state index contributed by atoms with van der Waals surface area (Å²) < 4.78 is 13.1. The lowest BCUT2D eigenvalue weighted by Crippen LogP contribution is -2.61. The quantitative estimate of drug-likeness (QED) is 0.232. The molecule has 182 valence electrons. The van der Waals surface area contributed by atoms with Crippen LogP contribution in [0.3, 0.4) is 0 Å². The standard InChI is InChI=1S/C25H26N4O5S/c1-5-19(30)28-17-13-9-8-11-15(17)21-23(32)26-25(35-4)27-29(21)24(28)16-12-10-14-18(33-7-3)22(16)34-20(31)6-2/h8-14,24H,5-7H2,1-4H3/p+1/t24-/m1/s1. The van der Waals surface area contributed by atoms with Gasteiger partial charge in [0, 0.05) is 17.9 Å². The number of rotatable bonds is 7. The lowest BCUT2D eigenvalue weighted by Gasteiger charge is -2.32. The number of H-pyrrole nitrogens is 1. The number of ether oxygens (including phenoxy) is 2. The fourth-order valence-electron chi connectivity index (χ4n) is 4.09. The van der Waals surface area contributed by atoms with E-state index in [4.69, 9.17) is 9.47 Å². The molecule has 1 aromatic heterocycles. The van der Waals surface area contributed by atoms with E-state index >= 15 is 0 Å². The molecular weight excluding hydrogens is 468 g/mol. The average molecular weight is 496 g/mol. The van der Waals surface area contributed by atoms with Crippen LogP contribution in [0.25, 0.3) is 11.3 Å². The van der Waals surface area contributed by atoms with Crippen molar-refractivity contribution in [2.75, 3.05) is 17.8 Å². The van der Waals surface area contributed by atoms with Gasteiger partial charge in [-0.1, -0.05) is 43.8 Å². The number of nitrogens with zero attached hydrogens (tertiary/aromatic N) is 3. The number of benzene rings is 2. The first-order valence-corrected chi connectivity index (χ1v) is 12.6. The van der Waals surface area contributed by atoms with Crippen molar-refractivity contribution in [3.63, 3.8) is 0 Å². The average Bonchev–Trinajstić information content (AvgIpc) is 2.88. The zero-order valence-corrected chi connectivity index (χ0v) is 20.8. The Balaban J connectivity index is 2.09. The molecule has 10 heteroatoms. The number of carbonyl (C=O) groups excluding carboxylic acids is 2. The Kier molecular flexibility index (Phi) is 7.20. The zero-order valence-electron chi connectivity index (χ0n) is 20.0. The summed E-state index contributed by atoms with van der Waals surface area (Å²) in [5.74, 6) is -0.0582. The fourth-order valence-corrected chi connectivity index (χ4v) is 4.45. The summed E-state index contributed by atoms with van der Waals surface area (Å²) in [6, 6.07) is 12.4. The van der Waals surface area contributed by atoms with Gasteiger partial charge in [0.25, 0.3) is 6.17 Å². The zero-order chi connectivity index (χ0) is 25.1. The van der Waals surface area contributed by atoms with Crippen molar-refractivity contribution in [3.8, 4) is 22.8 Å². The number of esters is 1. The summed E-state index contributed by atoms with van der Waals surface area (Å²) in [4.78, 5) is 43.5. The number of anilines is 1. The molecule has 1 amide bonds. The van der Waals surface area contributed by atoms with Gasteiger partial charge in [0.05, 0.1) is 23.4 Å². The van der Waals surface area contributed by atoms with Crippen LogP contribution in [0.15, 0.2) is 52.4 Å². The smallest absolute Gasteiger partial charge is 0.325 e. The molecule has 3 aromatic rings. The SMILES string of the molecule is CCOc1cccc([C@@H]2N(C(=O)CC)c3ccccc3-c3c(=O)[nH]c(SC)n[n+]32)c1OC(=O)CC. The van der Waals surface area contributed by atoms with E-state index < -0.39 is 12.1 Å². The minimum Gasteiger partial charge on any atom is -0.490 e. The first-order chi connectivity index (χ1) is 16.9. The van der Waals surface area contributed by atoms with E-state index in [2.05, 4.69) is 10.1 Å². The molecule has 1 aliphatic heterocycles. The lowest BCUT2D eigenvalue weighted by molar-refractivity contribution is -0.763. The molecule has 2 heterocycles. The maximum atomic E-state index is 13.4. The van der Waals surface area contributed by atoms with Crippen molar-refractivity contribution in [1.82, 2.24) is 10.1 Å². The number of para-hydroxylation sites is 2. The molecule has 0 radical (unpaired) electrons. The summed E-state index contributed by atoms with van der Waals surface area (Å²) in [6.07, 6.45) is 1.29. The number of carbonyl (C=O) groups is 2. The first-order valence-electron chi connectivity index (χ1n) is 11.4. The second-order valence-corrected chi connectivity index (χ2v) is 8.49. The van der Waals surface area contributed by atoms with Crippen molar-refractivity contribution in [3.05, 3.63) is 58.4 Å². The second-order valence-electron chi connectivity index (χ2n) is 7.70. The molecule has 2 aromatic carbocycles. The van der Waals surface area contributed by atoms with Gasteiger partial charge < -0.3 is 9.47 Å². The second kappa shape index (κ2) is 10.3. The molecule has 0 aliphatic carbocycles. The Morgan fingerprint density at radius 1 is 1.11 bits per heavy atom. The van der Waals surface area contributed by atoms with Crippen LogP contribution in [0.1, 0.15) is 45.3 Å². The number of hydrogen-bond donors (Lipinski definition) is 1. The van der Waals surface area contributed by atoms with Crippen LogP contribution in [0.2, 0.25) is 0 Å². The molecule has 35 heavy (non-hydrogen) atoms. The molecule has 0 saturated carbocycles. The highest BCUT2D eigenvalue weighted by Crippen LogP contribution is 2.42. The summed E-state index contributed by atoms with van der Waals surface area (Å²) in [5, 5.41) is 5.07. The number of amides is 1. The van der Waals surface area contributed by atoms with Gasteiger partial charge in [-0.2, -0.15) is 0 Å². The van der Waals surface area contributed by atoms with Gasteiger partial charge in [0.15, 0.2) is 11.5 Å². The van der Waals surface area contributed by atoms with Gasteiger partial charge in [-0.15, -0.1) is 0 Å². The predicted octanol–water partition coefficient (Wildman–Crippen LogP) is 3.46. The molecule has 0 fully saturated rings. The summed E-state index contributed by atoms with van der Waals surface area (Å²) in [7, 11) is 0. The van der Waals surface area contributed by atoms with Crippen LogP contribution in [0, 0.1) is 0 Å². The normalized spacial score (nSPS) is 14.2. The molecular formula is C25H27N4O5S+. The topological polar surface area (TPSA) is 105 Å². The number of fused-ring (bicyclic) bond motifs is 3. The Labute approximate surface area is 207 Å². The highest BCUT2D eigenvalue weighted by molar-refractivity contribution is 7.98. The molecule has 4 rings (SSSR count). The minimum absolute atomic E-state index is 0.156. The van der Waals surface area contributed by atoms with E-state index in [1.165, 1.54) is 16.4 Å². The molecule has 0 bridgehead atoms. The highest BCUT2D eigenvalue weighted by Gasteiger charge is 2.47. The number of aromatic nitrogens is 3. The Morgan fingerprint density at radius 3 is 2.57 bits per heavy atom. The molecule has 1 atom stereocenters. The Hall–Kier alpha value is -3.66. The van der Waals surface area contributed by atoms with Gasteiger partial charge in [0.1, 0.15) is 0 Å². The summed E-state index contributed by atoms with van der Waals surface area (Å²) >= 11 is 1.28. The van der Waals surface area contributed by atoms with Crippen LogP contribution < -0.4 is 24.6 Å². The van der Waals surface area contributed by atoms with E-state index in [9.17, 15) is 14.4 Å². The van der Waals surface area contributed by atoms with Gasteiger partial charge >= 0.3 is 17.2 Å². The number of aromatic amines is 1. The minimum atomic E-state index is -0.888. The third-order valence-corrected chi connectivity index (χ3v) is 6.18. The predicted molar refractivity (Wildman–Crippen MR) is 132 cm³/mol. The van der Waals surface area contributed by atoms with Crippen molar-refractivity contribution in [1.29, 1.82) is 0 Å². The van der Waals surface area contributed by atoms with Crippen LogP contribution in [0.4, 0.5) is 5.69 Å². The third-order valence-electron chi connectivity index (χ3n) is 5.61. The van der Waals surface area contributed by atoms with Crippen LogP contribution in [-0.2, 0) is 9.59 Å². The number of hydrogen-bond acceptors (Lipinski definition) is 7. The molecule has 0 unspecified atom stereocenters. The molecule has 0 saturated heterocycles. The molecule has 0 spiro atoms.